The molecule has 0 saturated heterocycles. The van der Waals surface area contributed by atoms with Gasteiger partial charge in [-0.15, -0.1) is 0 Å². The molecule has 8 atom stereocenters. The second-order valence-corrected chi connectivity index (χ2v) is 11.0. The van der Waals surface area contributed by atoms with E-state index in [1.807, 2.05) is 0 Å². The van der Waals surface area contributed by atoms with Crippen molar-refractivity contribution < 1.29 is 23.9 Å². The predicted octanol–water partition coefficient (Wildman–Crippen LogP) is 4.16. The van der Waals surface area contributed by atoms with Gasteiger partial charge in [-0.05, 0) is 60.7 Å². The summed E-state index contributed by atoms with van der Waals surface area (Å²) in [5, 5.41) is 0. The fourth-order valence-corrected chi connectivity index (χ4v) is 8.04. The molecule has 0 aromatic rings. The first-order valence-corrected chi connectivity index (χ1v) is 11.8. The lowest BCUT2D eigenvalue weighted by Crippen LogP contribution is -2.60. The number of methoxy groups -OCH3 is 1. The Balaban J connectivity index is 1.60. The summed E-state index contributed by atoms with van der Waals surface area (Å²) in [4.78, 5) is 50.7. The molecule has 30 heavy (non-hydrogen) atoms. The number of carbonyl (C=O) groups is 4. The van der Waals surface area contributed by atoms with Crippen molar-refractivity contribution in [3.8, 4) is 0 Å². The fraction of sp³-hybridized carbons (Fsp3) is 0.840. The van der Waals surface area contributed by atoms with Crippen LogP contribution in [0.3, 0.4) is 0 Å². The van der Waals surface area contributed by atoms with E-state index in [4.69, 9.17) is 4.74 Å². The van der Waals surface area contributed by atoms with Gasteiger partial charge in [0.05, 0.1) is 7.11 Å². The minimum absolute atomic E-state index is 0.0417. The van der Waals surface area contributed by atoms with Gasteiger partial charge in [0.25, 0.3) is 0 Å². The SMILES string of the molecule is COC(=O)CC[C@@H](C)[C@H]1CC[C@@H]2[C@@H]3C(=O)C[C@@H]4CC(=O)CC[C@]4(C)[C@H]3CC(=O)[C@@]21C. The summed E-state index contributed by atoms with van der Waals surface area (Å²) in [6.07, 6.45) is 5.87. The van der Waals surface area contributed by atoms with Crippen LogP contribution in [-0.2, 0) is 23.9 Å². The second kappa shape index (κ2) is 7.56. The summed E-state index contributed by atoms with van der Waals surface area (Å²) < 4.78 is 4.80. The van der Waals surface area contributed by atoms with E-state index in [-0.39, 0.29) is 52.7 Å². The largest absolute Gasteiger partial charge is 0.469 e. The summed E-state index contributed by atoms with van der Waals surface area (Å²) >= 11 is 0. The molecule has 0 aromatic heterocycles. The average Bonchev–Trinajstić information content (AvgIpc) is 3.06. The number of ketones is 3. The monoisotopic (exact) mass is 416 g/mol. The van der Waals surface area contributed by atoms with Crippen LogP contribution in [0.15, 0.2) is 0 Å². The first kappa shape index (κ1) is 21.7. The number of Topliss-reactive ketones (excluding diaryl/α,β-unsaturated/α-hetero) is 3. The highest BCUT2D eigenvalue weighted by Gasteiger charge is 2.66. The van der Waals surface area contributed by atoms with Gasteiger partial charge in [-0.1, -0.05) is 20.8 Å². The van der Waals surface area contributed by atoms with Crippen LogP contribution >= 0.6 is 0 Å². The lowest BCUT2D eigenvalue weighted by molar-refractivity contribution is -0.166. The van der Waals surface area contributed by atoms with Crippen LogP contribution in [0.1, 0.15) is 78.6 Å². The molecule has 4 aliphatic rings. The van der Waals surface area contributed by atoms with Gasteiger partial charge >= 0.3 is 5.97 Å². The Morgan fingerprint density at radius 1 is 1.10 bits per heavy atom. The van der Waals surface area contributed by atoms with E-state index in [0.29, 0.717) is 43.7 Å². The summed E-state index contributed by atoms with van der Waals surface area (Å²) in [6.45, 7) is 6.50. The molecular weight excluding hydrogens is 380 g/mol. The Labute approximate surface area is 179 Å². The zero-order chi connectivity index (χ0) is 21.8. The van der Waals surface area contributed by atoms with Crippen molar-refractivity contribution in [3.63, 3.8) is 0 Å². The van der Waals surface area contributed by atoms with E-state index < -0.39 is 5.41 Å². The zero-order valence-corrected chi connectivity index (χ0v) is 18.9. The second-order valence-electron chi connectivity index (χ2n) is 11.0. The Kier molecular flexibility index (Phi) is 5.47. The number of esters is 1. The summed E-state index contributed by atoms with van der Waals surface area (Å²) in [5.41, 5.74) is -0.544. The van der Waals surface area contributed by atoms with Crippen molar-refractivity contribution in [1.29, 1.82) is 0 Å². The van der Waals surface area contributed by atoms with Gasteiger partial charge in [0.15, 0.2) is 0 Å². The Morgan fingerprint density at radius 3 is 2.53 bits per heavy atom. The molecule has 5 heteroatoms. The Morgan fingerprint density at radius 2 is 1.83 bits per heavy atom. The maximum absolute atomic E-state index is 13.7. The number of carbonyl (C=O) groups excluding carboxylic acids is 4. The molecule has 166 valence electrons. The minimum Gasteiger partial charge on any atom is -0.469 e. The van der Waals surface area contributed by atoms with E-state index in [2.05, 4.69) is 20.8 Å². The van der Waals surface area contributed by atoms with Crippen LogP contribution in [-0.4, -0.2) is 30.4 Å². The maximum atomic E-state index is 13.7. The van der Waals surface area contributed by atoms with Crippen LogP contribution < -0.4 is 0 Å². The molecule has 0 heterocycles. The van der Waals surface area contributed by atoms with Crippen LogP contribution in [0.4, 0.5) is 0 Å². The lowest BCUT2D eigenvalue weighted by Gasteiger charge is -2.58. The third kappa shape index (κ3) is 3.10. The van der Waals surface area contributed by atoms with Crippen molar-refractivity contribution in [2.75, 3.05) is 7.11 Å². The molecule has 4 fully saturated rings. The van der Waals surface area contributed by atoms with Gasteiger partial charge < -0.3 is 4.74 Å². The van der Waals surface area contributed by atoms with E-state index in [1.165, 1.54) is 7.11 Å². The van der Waals surface area contributed by atoms with Crippen molar-refractivity contribution in [2.45, 2.75) is 78.6 Å². The molecule has 0 amide bonds. The van der Waals surface area contributed by atoms with E-state index in [9.17, 15) is 19.2 Å². The first-order chi connectivity index (χ1) is 14.1. The molecule has 0 radical (unpaired) electrons. The topological polar surface area (TPSA) is 77.5 Å². The Hall–Kier alpha value is -1.52. The van der Waals surface area contributed by atoms with Crippen molar-refractivity contribution in [2.24, 2.45) is 46.3 Å². The van der Waals surface area contributed by atoms with E-state index >= 15 is 0 Å². The third-order valence-corrected chi connectivity index (χ3v) is 9.94. The molecule has 0 spiro atoms. The Bertz CT molecular complexity index is 772. The van der Waals surface area contributed by atoms with E-state index in [1.54, 1.807) is 0 Å². The normalized spacial score (nSPS) is 44.1. The maximum Gasteiger partial charge on any atom is 0.305 e. The summed E-state index contributed by atoms with van der Waals surface area (Å²) in [7, 11) is 1.41. The van der Waals surface area contributed by atoms with Crippen molar-refractivity contribution in [1.82, 2.24) is 0 Å². The van der Waals surface area contributed by atoms with Gasteiger partial charge in [-0.3, -0.25) is 19.2 Å². The molecule has 5 nitrogen and oxygen atoms in total. The molecule has 0 N–H and O–H groups in total. The zero-order valence-electron chi connectivity index (χ0n) is 18.9. The number of hydrogen-bond acceptors (Lipinski definition) is 5. The summed E-state index contributed by atoms with van der Waals surface area (Å²) in [5.74, 6) is 1.41. The predicted molar refractivity (Wildman–Crippen MR) is 111 cm³/mol. The van der Waals surface area contributed by atoms with Crippen molar-refractivity contribution in [3.05, 3.63) is 0 Å². The van der Waals surface area contributed by atoms with Gasteiger partial charge in [0.1, 0.15) is 17.3 Å². The van der Waals surface area contributed by atoms with Gasteiger partial charge in [-0.25, -0.2) is 0 Å². The van der Waals surface area contributed by atoms with Gasteiger partial charge in [0, 0.05) is 43.4 Å². The third-order valence-electron chi connectivity index (χ3n) is 9.94. The first-order valence-electron chi connectivity index (χ1n) is 11.8. The summed E-state index contributed by atoms with van der Waals surface area (Å²) in [6, 6.07) is 0. The minimum atomic E-state index is -0.472. The smallest absolute Gasteiger partial charge is 0.305 e. The van der Waals surface area contributed by atoms with Gasteiger partial charge in [-0.2, -0.15) is 0 Å². The molecule has 4 saturated carbocycles. The van der Waals surface area contributed by atoms with Crippen molar-refractivity contribution >= 4 is 23.3 Å². The molecular formula is C25H36O5. The standard InChI is InChI=1S/C25H36O5/c1-14(5-8-22(29)30-4)17-6-7-18-23-19(13-21(28)25(17,18)3)24(2)10-9-16(26)11-15(24)12-20(23)27/h14-15,17-19,23H,5-13H2,1-4H3/t14-,15+,17-,18-,19+,23+,24+,25-/m1/s1. The van der Waals surface area contributed by atoms with Crippen LogP contribution in [0, 0.1) is 46.3 Å². The van der Waals surface area contributed by atoms with Gasteiger partial charge in [0.2, 0.25) is 0 Å². The molecule has 0 unspecified atom stereocenters. The van der Waals surface area contributed by atoms with Crippen LogP contribution in [0.25, 0.3) is 0 Å². The highest BCUT2D eigenvalue weighted by molar-refractivity contribution is 5.93. The fourth-order valence-electron chi connectivity index (χ4n) is 8.04. The quantitative estimate of drug-likeness (QED) is 0.643. The van der Waals surface area contributed by atoms with E-state index in [0.717, 1.165) is 25.7 Å². The molecule has 4 rings (SSSR count). The highest BCUT2D eigenvalue weighted by atomic mass is 16.5. The van der Waals surface area contributed by atoms with Crippen LogP contribution in [0.5, 0.6) is 0 Å². The number of hydrogen-bond donors (Lipinski definition) is 0. The number of ether oxygens (including phenoxy) is 1. The molecule has 0 aromatic carbocycles. The molecule has 0 bridgehead atoms. The highest BCUT2D eigenvalue weighted by Crippen LogP contribution is 2.66. The average molecular weight is 417 g/mol. The molecule has 4 aliphatic carbocycles. The molecule has 0 aliphatic heterocycles. The number of rotatable bonds is 4. The number of fused-ring (bicyclic) bond motifs is 5. The lowest BCUT2D eigenvalue weighted by atomic mass is 9.44. The van der Waals surface area contributed by atoms with Crippen LogP contribution in [0.2, 0.25) is 0 Å².